The standard InChI is InChI=1S/C16H16FN3S/c1-9-6-7-12-13(8-9)20-16(19-12)21-14-5-3-4-11(17)15(14)10(2)18/h3-8,10H,18H2,1-2H3,(H,19,20)/t10-/m0/s1. The Kier molecular flexibility index (Phi) is 3.69. The summed E-state index contributed by atoms with van der Waals surface area (Å²) < 4.78 is 13.9. The molecule has 0 spiro atoms. The molecule has 0 bridgehead atoms. The minimum absolute atomic E-state index is 0.276. The molecule has 3 rings (SSSR count). The number of aromatic amines is 1. The number of hydrogen-bond donors (Lipinski definition) is 2. The number of hydrogen-bond acceptors (Lipinski definition) is 3. The van der Waals surface area contributed by atoms with Gasteiger partial charge in [-0.05, 0) is 43.7 Å². The zero-order chi connectivity index (χ0) is 15.0. The number of nitrogens with one attached hydrogen (secondary N) is 1. The molecule has 1 atom stereocenters. The van der Waals surface area contributed by atoms with Gasteiger partial charge in [0.05, 0.1) is 11.0 Å². The highest BCUT2D eigenvalue weighted by Crippen LogP contribution is 2.33. The number of fused-ring (bicyclic) bond motifs is 1. The van der Waals surface area contributed by atoms with E-state index in [2.05, 4.69) is 9.97 Å². The smallest absolute Gasteiger partial charge is 0.171 e. The molecular formula is C16H16FN3S. The van der Waals surface area contributed by atoms with E-state index in [0.29, 0.717) is 5.56 Å². The molecule has 3 N–H and O–H groups in total. The van der Waals surface area contributed by atoms with Crippen molar-refractivity contribution in [3.63, 3.8) is 0 Å². The van der Waals surface area contributed by atoms with Crippen molar-refractivity contribution in [2.75, 3.05) is 0 Å². The topological polar surface area (TPSA) is 54.7 Å². The first-order valence-electron chi connectivity index (χ1n) is 6.73. The van der Waals surface area contributed by atoms with Crippen LogP contribution in [0.5, 0.6) is 0 Å². The molecule has 0 amide bonds. The van der Waals surface area contributed by atoms with E-state index in [0.717, 1.165) is 21.1 Å². The molecule has 0 radical (unpaired) electrons. The lowest BCUT2D eigenvalue weighted by Gasteiger charge is -2.12. The summed E-state index contributed by atoms with van der Waals surface area (Å²) in [7, 11) is 0. The summed E-state index contributed by atoms with van der Waals surface area (Å²) in [5.74, 6) is -0.276. The zero-order valence-electron chi connectivity index (χ0n) is 11.9. The van der Waals surface area contributed by atoms with Gasteiger partial charge in [0.2, 0.25) is 0 Å². The molecule has 0 aliphatic rings. The van der Waals surface area contributed by atoms with E-state index in [1.807, 2.05) is 31.2 Å². The van der Waals surface area contributed by atoms with Crippen molar-refractivity contribution < 1.29 is 4.39 Å². The molecule has 21 heavy (non-hydrogen) atoms. The van der Waals surface area contributed by atoms with Crippen LogP contribution in [0, 0.1) is 12.7 Å². The highest BCUT2D eigenvalue weighted by molar-refractivity contribution is 7.99. The summed E-state index contributed by atoms with van der Waals surface area (Å²) >= 11 is 1.40. The lowest BCUT2D eigenvalue weighted by molar-refractivity contribution is 0.585. The van der Waals surface area contributed by atoms with Crippen molar-refractivity contribution in [3.05, 3.63) is 53.3 Å². The molecule has 0 aliphatic carbocycles. The van der Waals surface area contributed by atoms with Crippen molar-refractivity contribution in [2.24, 2.45) is 5.73 Å². The van der Waals surface area contributed by atoms with E-state index in [4.69, 9.17) is 5.73 Å². The van der Waals surface area contributed by atoms with Gasteiger partial charge in [0, 0.05) is 16.5 Å². The number of rotatable bonds is 3. The van der Waals surface area contributed by atoms with Gasteiger partial charge in [0.1, 0.15) is 5.82 Å². The van der Waals surface area contributed by atoms with Crippen LogP contribution in [-0.4, -0.2) is 9.97 Å². The summed E-state index contributed by atoms with van der Waals surface area (Å²) in [6.07, 6.45) is 0. The van der Waals surface area contributed by atoms with Crippen LogP contribution in [-0.2, 0) is 0 Å². The second-order valence-corrected chi connectivity index (χ2v) is 6.14. The molecule has 0 unspecified atom stereocenters. The Hall–Kier alpha value is -1.85. The van der Waals surface area contributed by atoms with E-state index >= 15 is 0 Å². The quantitative estimate of drug-likeness (QED) is 0.763. The van der Waals surface area contributed by atoms with E-state index in [1.54, 1.807) is 13.0 Å². The maximum atomic E-state index is 13.9. The number of nitrogens with zero attached hydrogens (tertiary/aromatic N) is 1. The predicted octanol–water partition coefficient (Wildman–Crippen LogP) is 4.18. The third kappa shape index (κ3) is 2.80. The monoisotopic (exact) mass is 301 g/mol. The molecule has 0 fully saturated rings. The molecule has 3 nitrogen and oxygen atoms in total. The van der Waals surface area contributed by atoms with Gasteiger partial charge in [-0.2, -0.15) is 0 Å². The zero-order valence-corrected chi connectivity index (χ0v) is 12.7. The molecule has 5 heteroatoms. The number of benzene rings is 2. The minimum atomic E-state index is -0.361. The SMILES string of the molecule is Cc1ccc2nc(Sc3cccc(F)c3[C@H](C)N)[nH]c2c1. The molecule has 0 aliphatic heterocycles. The highest BCUT2D eigenvalue weighted by Gasteiger charge is 2.15. The van der Waals surface area contributed by atoms with E-state index < -0.39 is 0 Å². The fourth-order valence-corrected chi connectivity index (χ4v) is 3.35. The van der Waals surface area contributed by atoms with E-state index in [-0.39, 0.29) is 11.9 Å². The Morgan fingerprint density at radius 1 is 1.29 bits per heavy atom. The summed E-state index contributed by atoms with van der Waals surface area (Å²) in [6, 6.07) is 10.7. The molecule has 108 valence electrons. The van der Waals surface area contributed by atoms with Crippen molar-refractivity contribution in [3.8, 4) is 0 Å². The maximum absolute atomic E-state index is 13.9. The lowest BCUT2D eigenvalue weighted by atomic mass is 10.1. The van der Waals surface area contributed by atoms with Crippen LogP contribution in [0.1, 0.15) is 24.1 Å². The average Bonchev–Trinajstić information content (AvgIpc) is 2.79. The van der Waals surface area contributed by atoms with Gasteiger partial charge in [-0.3, -0.25) is 0 Å². The third-order valence-corrected chi connectivity index (χ3v) is 4.25. The van der Waals surface area contributed by atoms with Crippen LogP contribution in [0.25, 0.3) is 11.0 Å². The van der Waals surface area contributed by atoms with E-state index in [9.17, 15) is 4.39 Å². The first kappa shape index (κ1) is 14.1. The van der Waals surface area contributed by atoms with Crippen molar-refractivity contribution in [1.29, 1.82) is 0 Å². The van der Waals surface area contributed by atoms with Crippen LogP contribution in [0.2, 0.25) is 0 Å². The normalized spacial score (nSPS) is 12.8. The number of aromatic nitrogens is 2. The molecule has 3 aromatic rings. The third-order valence-electron chi connectivity index (χ3n) is 3.29. The predicted molar refractivity (Wildman–Crippen MR) is 84.0 cm³/mol. The first-order valence-corrected chi connectivity index (χ1v) is 7.54. The fraction of sp³-hybridized carbons (Fsp3) is 0.188. The number of aryl methyl sites for hydroxylation is 1. The second kappa shape index (κ2) is 5.50. The number of nitrogens with two attached hydrogens (primary N) is 1. The minimum Gasteiger partial charge on any atom is -0.333 e. The Balaban J connectivity index is 2.00. The Morgan fingerprint density at radius 3 is 2.86 bits per heavy atom. The number of imidazole rings is 1. The number of H-pyrrole nitrogens is 1. The van der Waals surface area contributed by atoms with Crippen molar-refractivity contribution >= 4 is 22.8 Å². The summed E-state index contributed by atoms with van der Waals surface area (Å²) in [4.78, 5) is 8.57. The molecule has 2 aromatic carbocycles. The van der Waals surface area contributed by atoms with Crippen LogP contribution in [0.4, 0.5) is 4.39 Å². The Labute approximate surface area is 126 Å². The van der Waals surface area contributed by atoms with Crippen molar-refractivity contribution in [1.82, 2.24) is 9.97 Å². The van der Waals surface area contributed by atoms with Gasteiger partial charge in [0.15, 0.2) is 5.16 Å². The summed E-state index contributed by atoms with van der Waals surface area (Å²) in [5.41, 5.74) is 9.47. The highest BCUT2D eigenvalue weighted by atomic mass is 32.2. The molecule has 1 heterocycles. The summed E-state index contributed by atoms with van der Waals surface area (Å²) in [6.45, 7) is 3.82. The van der Waals surface area contributed by atoms with Crippen LogP contribution >= 0.6 is 11.8 Å². The lowest BCUT2D eigenvalue weighted by Crippen LogP contribution is -2.09. The van der Waals surface area contributed by atoms with Crippen LogP contribution < -0.4 is 5.73 Å². The number of halogens is 1. The van der Waals surface area contributed by atoms with Crippen LogP contribution in [0.3, 0.4) is 0 Å². The largest absolute Gasteiger partial charge is 0.333 e. The van der Waals surface area contributed by atoms with Gasteiger partial charge in [-0.25, -0.2) is 9.37 Å². The van der Waals surface area contributed by atoms with Gasteiger partial charge in [-0.1, -0.05) is 23.9 Å². The molecular weight excluding hydrogens is 285 g/mol. The first-order chi connectivity index (χ1) is 10.0. The summed E-state index contributed by atoms with van der Waals surface area (Å²) in [5, 5.41) is 0.739. The Morgan fingerprint density at radius 2 is 2.10 bits per heavy atom. The van der Waals surface area contributed by atoms with E-state index in [1.165, 1.54) is 23.4 Å². The van der Waals surface area contributed by atoms with Crippen molar-refractivity contribution in [2.45, 2.75) is 29.9 Å². The second-order valence-electron chi connectivity index (χ2n) is 5.10. The van der Waals surface area contributed by atoms with Gasteiger partial charge >= 0.3 is 0 Å². The molecule has 0 saturated carbocycles. The molecule has 1 aromatic heterocycles. The van der Waals surface area contributed by atoms with Gasteiger partial charge < -0.3 is 10.7 Å². The van der Waals surface area contributed by atoms with Gasteiger partial charge in [0.25, 0.3) is 0 Å². The average molecular weight is 301 g/mol. The maximum Gasteiger partial charge on any atom is 0.171 e. The van der Waals surface area contributed by atoms with Crippen LogP contribution in [0.15, 0.2) is 46.5 Å². The Bertz CT molecular complexity index is 795. The fourth-order valence-electron chi connectivity index (χ4n) is 2.30. The molecule has 0 saturated heterocycles. The van der Waals surface area contributed by atoms with Gasteiger partial charge in [-0.15, -0.1) is 0 Å².